The number of aliphatic hydroxyl groups is 1. The largest absolute Gasteiger partial charge is 0.388 e. The molecule has 0 radical (unpaired) electrons. The van der Waals surface area contributed by atoms with Crippen LogP contribution in [0.2, 0.25) is 0 Å². The van der Waals surface area contributed by atoms with Crippen LogP contribution >= 0.6 is 0 Å². The van der Waals surface area contributed by atoms with Crippen molar-refractivity contribution in [3.63, 3.8) is 0 Å². The number of aliphatic hydroxyl groups excluding tert-OH is 1. The van der Waals surface area contributed by atoms with Gasteiger partial charge in [-0.25, -0.2) is 0 Å². The summed E-state index contributed by atoms with van der Waals surface area (Å²) in [6, 6.07) is 9.90. The minimum absolute atomic E-state index is 0.366. The van der Waals surface area contributed by atoms with Crippen molar-refractivity contribution < 1.29 is 5.11 Å². The van der Waals surface area contributed by atoms with Crippen LogP contribution in [0.15, 0.2) is 36.5 Å². The first-order valence-electron chi connectivity index (χ1n) is 6.34. The Hall–Kier alpha value is -1.41. The predicted octanol–water partition coefficient (Wildman–Crippen LogP) is 3.85. The first-order valence-corrected chi connectivity index (χ1v) is 6.34. The number of unbranched alkanes of at least 4 members (excludes halogenated alkanes) is 2. The number of benzene rings is 1. The smallest absolute Gasteiger partial charge is 0.0796 e. The maximum Gasteiger partial charge on any atom is 0.0796 e. The first-order chi connectivity index (χ1) is 8.33. The molecule has 0 bridgehead atoms. The predicted molar refractivity (Wildman–Crippen MR) is 70.8 cm³/mol. The van der Waals surface area contributed by atoms with Crippen LogP contribution in [-0.4, -0.2) is 10.1 Å². The summed E-state index contributed by atoms with van der Waals surface area (Å²) in [7, 11) is 0. The topological polar surface area (TPSA) is 33.1 Å². The van der Waals surface area contributed by atoms with Gasteiger partial charge >= 0.3 is 0 Å². The Labute approximate surface area is 102 Å². The zero-order valence-corrected chi connectivity index (χ0v) is 10.3. The molecular formula is C15H19NO. The third kappa shape index (κ3) is 2.83. The lowest BCUT2D eigenvalue weighted by molar-refractivity contribution is 0.165. The van der Waals surface area contributed by atoms with Crippen LogP contribution in [0.3, 0.4) is 0 Å². The van der Waals surface area contributed by atoms with Crippen molar-refractivity contribution >= 4 is 10.9 Å². The van der Waals surface area contributed by atoms with E-state index >= 15 is 0 Å². The second-order valence-electron chi connectivity index (χ2n) is 4.43. The van der Waals surface area contributed by atoms with Crippen molar-refractivity contribution in [1.29, 1.82) is 0 Å². The van der Waals surface area contributed by atoms with Gasteiger partial charge in [0.1, 0.15) is 0 Å². The Balaban J connectivity index is 2.22. The number of rotatable bonds is 5. The van der Waals surface area contributed by atoms with E-state index < -0.39 is 0 Å². The van der Waals surface area contributed by atoms with E-state index in [1.54, 1.807) is 6.20 Å². The van der Waals surface area contributed by atoms with Gasteiger partial charge in [-0.1, -0.05) is 44.4 Å². The standard InChI is InChI=1S/C15H19NO/c1-2-3-4-10-15(17)13-7-5-9-14-12(13)8-6-11-16-14/h5-9,11,15,17H,2-4,10H2,1H3. The normalized spacial score (nSPS) is 12.8. The monoisotopic (exact) mass is 229 g/mol. The Kier molecular flexibility index (Phi) is 4.10. The molecule has 0 fully saturated rings. The molecule has 0 spiro atoms. The van der Waals surface area contributed by atoms with Gasteiger partial charge < -0.3 is 5.11 Å². The van der Waals surface area contributed by atoms with Crippen molar-refractivity contribution in [2.24, 2.45) is 0 Å². The highest BCUT2D eigenvalue weighted by molar-refractivity contribution is 5.82. The summed E-state index contributed by atoms with van der Waals surface area (Å²) in [5, 5.41) is 11.3. The molecule has 0 saturated heterocycles. The quantitative estimate of drug-likeness (QED) is 0.790. The fraction of sp³-hybridized carbons (Fsp3) is 0.400. The molecule has 2 rings (SSSR count). The molecule has 1 unspecified atom stereocenters. The molecule has 2 aromatic rings. The first kappa shape index (κ1) is 12.1. The molecule has 1 aromatic heterocycles. The number of hydrogen-bond donors (Lipinski definition) is 1. The summed E-state index contributed by atoms with van der Waals surface area (Å²) in [6.07, 6.45) is 5.70. The molecule has 1 aromatic carbocycles. The minimum Gasteiger partial charge on any atom is -0.388 e. The van der Waals surface area contributed by atoms with Gasteiger partial charge in [-0.3, -0.25) is 4.98 Å². The molecule has 2 nitrogen and oxygen atoms in total. The average molecular weight is 229 g/mol. The molecule has 0 aliphatic rings. The van der Waals surface area contributed by atoms with Gasteiger partial charge in [-0.15, -0.1) is 0 Å². The third-order valence-electron chi connectivity index (χ3n) is 3.12. The van der Waals surface area contributed by atoms with Gasteiger partial charge in [0.05, 0.1) is 11.6 Å². The lowest BCUT2D eigenvalue weighted by atomic mass is 9.99. The highest BCUT2D eigenvalue weighted by Gasteiger charge is 2.10. The third-order valence-corrected chi connectivity index (χ3v) is 3.12. The lowest BCUT2D eigenvalue weighted by Gasteiger charge is -2.13. The summed E-state index contributed by atoms with van der Waals surface area (Å²) in [4.78, 5) is 4.31. The fourth-order valence-electron chi connectivity index (χ4n) is 2.16. The Morgan fingerprint density at radius 3 is 2.88 bits per heavy atom. The van der Waals surface area contributed by atoms with Crippen LogP contribution in [0.4, 0.5) is 0 Å². The van der Waals surface area contributed by atoms with Crippen molar-refractivity contribution in [1.82, 2.24) is 4.98 Å². The van der Waals surface area contributed by atoms with E-state index in [0.717, 1.165) is 29.3 Å². The molecular weight excluding hydrogens is 210 g/mol. The van der Waals surface area contributed by atoms with Gasteiger partial charge in [0.2, 0.25) is 0 Å². The van der Waals surface area contributed by atoms with Crippen molar-refractivity contribution in [3.8, 4) is 0 Å². The van der Waals surface area contributed by atoms with E-state index in [1.165, 1.54) is 12.8 Å². The number of aromatic nitrogens is 1. The van der Waals surface area contributed by atoms with Crippen LogP contribution < -0.4 is 0 Å². The molecule has 1 heterocycles. The fourth-order valence-corrected chi connectivity index (χ4v) is 2.16. The van der Waals surface area contributed by atoms with Gasteiger partial charge in [0.25, 0.3) is 0 Å². The Morgan fingerprint density at radius 1 is 1.18 bits per heavy atom. The van der Waals surface area contributed by atoms with Gasteiger partial charge in [0.15, 0.2) is 0 Å². The lowest BCUT2D eigenvalue weighted by Crippen LogP contribution is -1.98. The maximum atomic E-state index is 10.2. The van der Waals surface area contributed by atoms with E-state index in [2.05, 4.69) is 11.9 Å². The molecule has 2 heteroatoms. The van der Waals surface area contributed by atoms with E-state index in [1.807, 2.05) is 30.3 Å². The molecule has 17 heavy (non-hydrogen) atoms. The highest BCUT2D eigenvalue weighted by Crippen LogP contribution is 2.26. The number of nitrogens with zero attached hydrogens (tertiary/aromatic N) is 1. The zero-order chi connectivity index (χ0) is 12.1. The molecule has 0 aliphatic carbocycles. The van der Waals surface area contributed by atoms with Crippen LogP contribution in [0, 0.1) is 0 Å². The van der Waals surface area contributed by atoms with Crippen LogP contribution in [0.25, 0.3) is 10.9 Å². The van der Waals surface area contributed by atoms with Crippen LogP contribution in [-0.2, 0) is 0 Å². The number of pyridine rings is 1. The average Bonchev–Trinajstić information content (AvgIpc) is 2.38. The summed E-state index contributed by atoms with van der Waals surface area (Å²) < 4.78 is 0. The van der Waals surface area contributed by atoms with Gasteiger partial charge in [0, 0.05) is 11.6 Å². The summed E-state index contributed by atoms with van der Waals surface area (Å²) in [5.41, 5.74) is 1.96. The van der Waals surface area contributed by atoms with Crippen molar-refractivity contribution in [2.75, 3.05) is 0 Å². The molecule has 0 amide bonds. The molecule has 0 aliphatic heterocycles. The molecule has 1 N–H and O–H groups in total. The summed E-state index contributed by atoms with van der Waals surface area (Å²) in [5.74, 6) is 0. The Morgan fingerprint density at radius 2 is 2.06 bits per heavy atom. The van der Waals surface area contributed by atoms with E-state index in [9.17, 15) is 5.11 Å². The SMILES string of the molecule is CCCCCC(O)c1cccc2ncccc12. The number of fused-ring (bicyclic) bond motifs is 1. The summed E-state index contributed by atoms with van der Waals surface area (Å²) >= 11 is 0. The van der Waals surface area contributed by atoms with E-state index in [0.29, 0.717) is 0 Å². The molecule has 90 valence electrons. The maximum absolute atomic E-state index is 10.2. The van der Waals surface area contributed by atoms with Gasteiger partial charge in [-0.05, 0) is 24.1 Å². The van der Waals surface area contributed by atoms with E-state index in [-0.39, 0.29) is 6.10 Å². The van der Waals surface area contributed by atoms with Gasteiger partial charge in [-0.2, -0.15) is 0 Å². The van der Waals surface area contributed by atoms with E-state index in [4.69, 9.17) is 0 Å². The summed E-state index contributed by atoms with van der Waals surface area (Å²) in [6.45, 7) is 2.17. The number of hydrogen-bond acceptors (Lipinski definition) is 2. The zero-order valence-electron chi connectivity index (χ0n) is 10.3. The highest BCUT2D eigenvalue weighted by atomic mass is 16.3. The Bertz CT molecular complexity index is 476. The van der Waals surface area contributed by atoms with Crippen LogP contribution in [0.1, 0.15) is 44.3 Å². The van der Waals surface area contributed by atoms with Crippen LogP contribution in [0.5, 0.6) is 0 Å². The molecule has 0 saturated carbocycles. The second-order valence-corrected chi connectivity index (χ2v) is 4.43. The minimum atomic E-state index is -0.366. The van der Waals surface area contributed by atoms with Crippen molar-refractivity contribution in [2.45, 2.75) is 38.7 Å². The van der Waals surface area contributed by atoms with Crippen molar-refractivity contribution in [3.05, 3.63) is 42.1 Å². The molecule has 1 atom stereocenters. The second kappa shape index (κ2) is 5.78.